The monoisotopic (exact) mass is 405 g/mol. The molecule has 0 radical (unpaired) electrons. The smallest absolute Gasteiger partial charge is 0.235 e. The van der Waals surface area contributed by atoms with E-state index in [1.165, 1.54) is 23.0 Å². The molecular formula is C17H10ClF6N3. The summed E-state index contributed by atoms with van der Waals surface area (Å²) >= 11 is 5.92. The molecule has 0 amide bonds. The molecule has 3 aromatic rings. The third-order valence-electron chi connectivity index (χ3n) is 3.88. The number of hydrogen-bond acceptors (Lipinski definition) is 2. The third-order valence-corrected chi connectivity index (χ3v) is 4.16. The van der Waals surface area contributed by atoms with Crippen molar-refractivity contribution in [3.05, 3.63) is 64.6 Å². The van der Waals surface area contributed by atoms with Gasteiger partial charge in [-0.3, -0.25) is 0 Å². The van der Waals surface area contributed by atoms with Gasteiger partial charge in [-0.25, -0.2) is 9.67 Å². The molecule has 0 aliphatic rings. The Morgan fingerprint density at radius 2 is 1.48 bits per heavy atom. The quantitative estimate of drug-likeness (QED) is 0.494. The molecule has 2 heterocycles. The Labute approximate surface area is 154 Å². The van der Waals surface area contributed by atoms with Crippen LogP contribution in [-0.4, -0.2) is 14.8 Å². The molecule has 0 N–H and O–H groups in total. The van der Waals surface area contributed by atoms with Gasteiger partial charge in [0.25, 0.3) is 0 Å². The van der Waals surface area contributed by atoms with Gasteiger partial charge in [0.15, 0.2) is 5.82 Å². The van der Waals surface area contributed by atoms with Crippen molar-refractivity contribution >= 4 is 11.6 Å². The second-order valence-electron chi connectivity index (χ2n) is 5.66. The van der Waals surface area contributed by atoms with Crippen LogP contribution in [0.1, 0.15) is 16.8 Å². The first-order valence-corrected chi connectivity index (χ1v) is 7.81. The van der Waals surface area contributed by atoms with Gasteiger partial charge in [-0.2, -0.15) is 31.4 Å². The highest BCUT2D eigenvalue weighted by Gasteiger charge is 2.32. The third kappa shape index (κ3) is 3.78. The standard InChI is InChI=1S/C17H10ClF6N3/c1-9-13(10-2-4-11(5-3-10)16(19,20)21)8-26-27(9)15-14(18)6-12(7-25-15)17(22,23)24/h2-8H,1H3. The molecule has 0 atom stereocenters. The van der Waals surface area contributed by atoms with E-state index in [9.17, 15) is 26.3 Å². The minimum absolute atomic E-state index is 0.0136. The van der Waals surface area contributed by atoms with E-state index >= 15 is 0 Å². The molecule has 0 aliphatic heterocycles. The van der Waals surface area contributed by atoms with Gasteiger partial charge < -0.3 is 0 Å². The molecule has 0 fully saturated rings. The topological polar surface area (TPSA) is 30.7 Å². The van der Waals surface area contributed by atoms with E-state index in [1.54, 1.807) is 6.92 Å². The summed E-state index contributed by atoms with van der Waals surface area (Å²) in [5.41, 5.74) is -0.354. The summed E-state index contributed by atoms with van der Waals surface area (Å²) in [5.74, 6) is -0.0136. The van der Waals surface area contributed by atoms with Gasteiger partial charge in [0.1, 0.15) is 0 Å². The predicted octanol–water partition coefficient (Wildman–Crippen LogP) is 5.93. The van der Waals surface area contributed by atoms with Crippen molar-refractivity contribution in [3.8, 4) is 16.9 Å². The van der Waals surface area contributed by atoms with Crippen molar-refractivity contribution in [2.24, 2.45) is 0 Å². The van der Waals surface area contributed by atoms with Gasteiger partial charge >= 0.3 is 12.4 Å². The summed E-state index contributed by atoms with van der Waals surface area (Å²) in [6.07, 6.45) is -7.01. The molecule has 10 heteroatoms. The van der Waals surface area contributed by atoms with Crippen LogP contribution in [0, 0.1) is 6.92 Å². The highest BCUT2D eigenvalue weighted by Crippen LogP contribution is 2.34. The molecule has 0 unspecified atom stereocenters. The Hall–Kier alpha value is -2.55. The molecule has 0 spiro atoms. The first kappa shape index (κ1) is 19.2. The average molecular weight is 406 g/mol. The van der Waals surface area contributed by atoms with Crippen LogP contribution in [0.2, 0.25) is 5.02 Å². The van der Waals surface area contributed by atoms with E-state index in [0.29, 0.717) is 23.0 Å². The molecule has 142 valence electrons. The van der Waals surface area contributed by atoms with Gasteiger partial charge in [0.2, 0.25) is 0 Å². The Balaban J connectivity index is 1.99. The molecule has 2 aromatic heterocycles. The number of hydrogen-bond donors (Lipinski definition) is 0. The molecular weight excluding hydrogens is 396 g/mol. The van der Waals surface area contributed by atoms with Crippen LogP contribution in [0.25, 0.3) is 16.9 Å². The maximum absolute atomic E-state index is 12.7. The van der Waals surface area contributed by atoms with E-state index in [0.717, 1.165) is 18.2 Å². The lowest BCUT2D eigenvalue weighted by molar-refractivity contribution is -0.138. The maximum Gasteiger partial charge on any atom is 0.417 e. The number of benzene rings is 1. The Kier molecular flexibility index (Phi) is 4.67. The fourth-order valence-corrected chi connectivity index (χ4v) is 2.73. The molecule has 0 aliphatic carbocycles. The molecule has 0 saturated carbocycles. The van der Waals surface area contributed by atoms with Gasteiger partial charge in [-0.05, 0) is 30.7 Å². The molecule has 0 saturated heterocycles. The lowest BCUT2D eigenvalue weighted by Crippen LogP contribution is -2.09. The summed E-state index contributed by atoms with van der Waals surface area (Å²) in [6.45, 7) is 1.61. The molecule has 3 nitrogen and oxygen atoms in total. The van der Waals surface area contributed by atoms with Crippen LogP contribution in [0.5, 0.6) is 0 Å². The minimum atomic E-state index is -4.58. The van der Waals surface area contributed by atoms with Crippen LogP contribution in [0.3, 0.4) is 0 Å². The summed E-state index contributed by atoms with van der Waals surface area (Å²) in [5, 5.41) is 3.80. The maximum atomic E-state index is 12.7. The second-order valence-corrected chi connectivity index (χ2v) is 6.06. The number of aromatic nitrogens is 3. The number of alkyl halides is 6. The van der Waals surface area contributed by atoms with Crippen LogP contribution in [-0.2, 0) is 12.4 Å². The zero-order chi connectivity index (χ0) is 20.0. The average Bonchev–Trinajstić information content (AvgIpc) is 2.94. The molecule has 0 bridgehead atoms. The summed E-state index contributed by atoms with van der Waals surface area (Å²) in [4.78, 5) is 3.73. The SMILES string of the molecule is Cc1c(-c2ccc(C(F)(F)F)cc2)cnn1-c1ncc(C(F)(F)F)cc1Cl. The normalized spacial score (nSPS) is 12.4. The summed E-state index contributed by atoms with van der Waals surface area (Å²) < 4.78 is 77.4. The zero-order valence-corrected chi connectivity index (χ0v) is 14.3. The second kappa shape index (κ2) is 6.56. The largest absolute Gasteiger partial charge is 0.417 e. The highest BCUT2D eigenvalue weighted by molar-refractivity contribution is 6.32. The number of nitrogens with zero attached hydrogens (tertiary/aromatic N) is 3. The first-order chi connectivity index (χ1) is 12.5. The van der Waals surface area contributed by atoms with Crippen molar-refractivity contribution in [1.29, 1.82) is 0 Å². The van der Waals surface area contributed by atoms with Crippen molar-refractivity contribution in [1.82, 2.24) is 14.8 Å². The van der Waals surface area contributed by atoms with E-state index in [1.807, 2.05) is 0 Å². The fourth-order valence-electron chi connectivity index (χ4n) is 2.49. The van der Waals surface area contributed by atoms with Crippen LogP contribution < -0.4 is 0 Å². The Morgan fingerprint density at radius 1 is 0.889 bits per heavy atom. The molecule has 1 aromatic carbocycles. The number of halogens is 7. The lowest BCUT2D eigenvalue weighted by Gasteiger charge is -2.11. The first-order valence-electron chi connectivity index (χ1n) is 7.44. The van der Waals surface area contributed by atoms with Gasteiger partial charge in [0.05, 0.1) is 28.0 Å². The summed E-state index contributed by atoms with van der Waals surface area (Å²) in [6, 6.07) is 5.20. The van der Waals surface area contributed by atoms with Crippen molar-refractivity contribution in [3.63, 3.8) is 0 Å². The van der Waals surface area contributed by atoms with E-state index < -0.39 is 23.5 Å². The van der Waals surface area contributed by atoms with Crippen molar-refractivity contribution in [2.75, 3.05) is 0 Å². The van der Waals surface area contributed by atoms with Crippen LogP contribution in [0.15, 0.2) is 42.7 Å². The Morgan fingerprint density at radius 3 is 2.00 bits per heavy atom. The molecule has 3 rings (SSSR count). The van der Waals surface area contributed by atoms with Crippen molar-refractivity contribution in [2.45, 2.75) is 19.3 Å². The highest BCUT2D eigenvalue weighted by atomic mass is 35.5. The number of rotatable bonds is 2. The van der Waals surface area contributed by atoms with Gasteiger partial charge in [-0.1, -0.05) is 23.7 Å². The lowest BCUT2D eigenvalue weighted by atomic mass is 10.0. The van der Waals surface area contributed by atoms with Crippen LogP contribution in [0.4, 0.5) is 26.3 Å². The van der Waals surface area contributed by atoms with Gasteiger partial charge in [-0.15, -0.1) is 0 Å². The van der Waals surface area contributed by atoms with Gasteiger partial charge in [0, 0.05) is 11.8 Å². The van der Waals surface area contributed by atoms with E-state index in [-0.39, 0.29) is 10.8 Å². The Bertz CT molecular complexity index is 974. The zero-order valence-electron chi connectivity index (χ0n) is 13.5. The molecule has 27 heavy (non-hydrogen) atoms. The van der Waals surface area contributed by atoms with Crippen LogP contribution >= 0.6 is 11.6 Å². The fraction of sp³-hybridized carbons (Fsp3) is 0.176. The van der Waals surface area contributed by atoms with E-state index in [2.05, 4.69) is 10.1 Å². The van der Waals surface area contributed by atoms with Crippen molar-refractivity contribution < 1.29 is 26.3 Å². The minimum Gasteiger partial charge on any atom is -0.235 e. The number of pyridine rings is 1. The summed E-state index contributed by atoms with van der Waals surface area (Å²) in [7, 11) is 0. The van der Waals surface area contributed by atoms with E-state index in [4.69, 9.17) is 11.6 Å². The predicted molar refractivity (Wildman–Crippen MR) is 86.5 cm³/mol.